The fraction of sp³-hybridized carbons (Fsp3) is 0.233. The predicted molar refractivity (Wildman–Crippen MR) is 150 cm³/mol. The van der Waals surface area contributed by atoms with E-state index in [0.717, 1.165) is 47.0 Å². The Kier molecular flexibility index (Phi) is 8.86. The Balaban J connectivity index is 1.42. The van der Waals surface area contributed by atoms with Crippen molar-refractivity contribution < 1.29 is 23.9 Å². The minimum atomic E-state index is -0.358. The molecule has 1 saturated heterocycles. The lowest BCUT2D eigenvalue weighted by atomic mass is 10.1. The Labute approximate surface area is 226 Å². The summed E-state index contributed by atoms with van der Waals surface area (Å²) in [5, 5.41) is 2.56. The molecule has 0 bridgehead atoms. The van der Waals surface area contributed by atoms with Crippen molar-refractivity contribution in [1.82, 2.24) is 4.90 Å². The van der Waals surface area contributed by atoms with Gasteiger partial charge in [0.15, 0.2) is 11.5 Å². The summed E-state index contributed by atoms with van der Waals surface area (Å²) in [5.41, 5.74) is 3.69. The molecule has 3 aromatic rings. The molecule has 0 radical (unpaired) electrons. The zero-order chi connectivity index (χ0) is 27.1. The van der Waals surface area contributed by atoms with E-state index in [0.29, 0.717) is 28.6 Å². The third kappa shape index (κ3) is 6.44. The van der Waals surface area contributed by atoms with Crippen LogP contribution >= 0.6 is 11.8 Å². The van der Waals surface area contributed by atoms with E-state index >= 15 is 0 Å². The van der Waals surface area contributed by atoms with Crippen molar-refractivity contribution in [2.75, 3.05) is 19.0 Å². The van der Waals surface area contributed by atoms with E-state index in [2.05, 4.69) is 12.2 Å². The molecule has 0 saturated carbocycles. The number of benzene rings is 3. The van der Waals surface area contributed by atoms with E-state index in [1.54, 1.807) is 49.6 Å². The second kappa shape index (κ2) is 12.5. The van der Waals surface area contributed by atoms with Gasteiger partial charge in [0.2, 0.25) is 0 Å². The fourth-order valence-electron chi connectivity index (χ4n) is 3.86. The SMILES string of the molecule is CCCCOc1ccc(/C=C2\SC(=O)N(Cc3ccc(C(=O)Nc4ccccc4C)cc3)C2=O)cc1OC. The lowest BCUT2D eigenvalue weighted by Gasteiger charge is -2.13. The number of thioether (sulfide) groups is 1. The maximum atomic E-state index is 13.0. The first-order valence-corrected chi connectivity index (χ1v) is 13.2. The molecule has 0 aliphatic carbocycles. The molecule has 8 heteroatoms. The molecule has 1 N–H and O–H groups in total. The molecule has 1 aliphatic heterocycles. The second-order valence-corrected chi connectivity index (χ2v) is 9.84. The predicted octanol–water partition coefficient (Wildman–Crippen LogP) is 6.67. The first kappa shape index (κ1) is 27.0. The van der Waals surface area contributed by atoms with Crippen LogP contribution < -0.4 is 14.8 Å². The Bertz CT molecular complexity index is 1370. The lowest BCUT2D eigenvalue weighted by Crippen LogP contribution is -2.27. The van der Waals surface area contributed by atoms with Crippen LogP contribution in [0.5, 0.6) is 11.5 Å². The number of para-hydroxylation sites is 1. The summed E-state index contributed by atoms with van der Waals surface area (Å²) < 4.78 is 11.2. The third-order valence-electron chi connectivity index (χ3n) is 6.06. The molecule has 0 atom stereocenters. The second-order valence-electron chi connectivity index (χ2n) is 8.85. The summed E-state index contributed by atoms with van der Waals surface area (Å²) in [6.07, 6.45) is 3.66. The highest BCUT2D eigenvalue weighted by Crippen LogP contribution is 2.35. The van der Waals surface area contributed by atoms with E-state index in [1.165, 1.54) is 4.90 Å². The molecule has 1 fully saturated rings. The van der Waals surface area contributed by atoms with E-state index < -0.39 is 0 Å². The molecule has 0 unspecified atom stereocenters. The van der Waals surface area contributed by atoms with Gasteiger partial charge in [-0.25, -0.2) is 0 Å². The largest absolute Gasteiger partial charge is 0.493 e. The number of methoxy groups -OCH3 is 1. The molecular weight excluding hydrogens is 500 g/mol. The molecule has 0 spiro atoms. The Morgan fingerprint density at radius 2 is 1.79 bits per heavy atom. The number of carbonyl (C=O) groups excluding carboxylic acids is 3. The van der Waals surface area contributed by atoms with Crippen LogP contribution in [0.1, 0.15) is 46.8 Å². The highest BCUT2D eigenvalue weighted by molar-refractivity contribution is 8.18. The number of nitrogens with zero attached hydrogens (tertiary/aromatic N) is 1. The van der Waals surface area contributed by atoms with Crippen molar-refractivity contribution in [1.29, 1.82) is 0 Å². The van der Waals surface area contributed by atoms with Gasteiger partial charge in [0, 0.05) is 11.3 Å². The van der Waals surface area contributed by atoms with Crippen LogP contribution in [0, 0.1) is 6.92 Å². The average Bonchev–Trinajstić information content (AvgIpc) is 3.18. The van der Waals surface area contributed by atoms with Gasteiger partial charge in [-0.1, -0.05) is 49.7 Å². The number of rotatable bonds is 10. The van der Waals surface area contributed by atoms with Crippen LogP contribution in [0.15, 0.2) is 71.6 Å². The zero-order valence-electron chi connectivity index (χ0n) is 21.7. The Morgan fingerprint density at radius 3 is 2.50 bits per heavy atom. The first-order valence-electron chi connectivity index (χ1n) is 12.4. The van der Waals surface area contributed by atoms with Crippen LogP contribution in [-0.4, -0.2) is 35.7 Å². The topological polar surface area (TPSA) is 84.9 Å². The summed E-state index contributed by atoms with van der Waals surface area (Å²) >= 11 is 0.903. The smallest absolute Gasteiger partial charge is 0.293 e. The van der Waals surface area contributed by atoms with Gasteiger partial charge >= 0.3 is 0 Å². The number of anilines is 1. The number of hydrogen-bond donors (Lipinski definition) is 1. The van der Waals surface area contributed by atoms with E-state index in [-0.39, 0.29) is 23.6 Å². The van der Waals surface area contributed by atoms with Crippen molar-refractivity contribution in [3.63, 3.8) is 0 Å². The van der Waals surface area contributed by atoms with Gasteiger partial charge in [0.05, 0.1) is 25.2 Å². The van der Waals surface area contributed by atoms with Crippen molar-refractivity contribution in [2.24, 2.45) is 0 Å². The lowest BCUT2D eigenvalue weighted by molar-refractivity contribution is -0.123. The van der Waals surface area contributed by atoms with Crippen LogP contribution in [0.3, 0.4) is 0 Å². The van der Waals surface area contributed by atoms with Crippen molar-refractivity contribution in [3.8, 4) is 11.5 Å². The number of hydrogen-bond acceptors (Lipinski definition) is 6. The van der Waals surface area contributed by atoms with Crippen molar-refractivity contribution in [3.05, 3.63) is 93.9 Å². The van der Waals surface area contributed by atoms with Gasteiger partial charge in [-0.3, -0.25) is 19.3 Å². The number of unbranched alkanes of at least 4 members (excludes halogenated alkanes) is 1. The average molecular weight is 531 g/mol. The minimum absolute atomic E-state index is 0.120. The molecule has 38 heavy (non-hydrogen) atoms. The number of nitrogens with one attached hydrogen (secondary N) is 1. The number of ether oxygens (including phenoxy) is 2. The fourth-order valence-corrected chi connectivity index (χ4v) is 4.70. The highest BCUT2D eigenvalue weighted by atomic mass is 32.2. The van der Waals surface area contributed by atoms with Crippen LogP contribution in [0.4, 0.5) is 10.5 Å². The van der Waals surface area contributed by atoms with Gasteiger partial charge in [0.1, 0.15) is 0 Å². The zero-order valence-corrected chi connectivity index (χ0v) is 22.5. The number of carbonyl (C=O) groups is 3. The van der Waals surface area contributed by atoms with Crippen molar-refractivity contribution in [2.45, 2.75) is 33.2 Å². The Hall–Kier alpha value is -4.04. The van der Waals surface area contributed by atoms with Gasteiger partial charge in [0.25, 0.3) is 17.1 Å². The molecule has 1 aliphatic rings. The highest BCUT2D eigenvalue weighted by Gasteiger charge is 2.35. The van der Waals surface area contributed by atoms with Crippen LogP contribution in [-0.2, 0) is 11.3 Å². The molecular formula is C30H30N2O5S. The summed E-state index contributed by atoms with van der Waals surface area (Å²) in [6.45, 7) is 4.74. The summed E-state index contributed by atoms with van der Waals surface area (Å²) in [4.78, 5) is 39.8. The van der Waals surface area contributed by atoms with E-state index in [9.17, 15) is 14.4 Å². The van der Waals surface area contributed by atoms with E-state index in [1.807, 2.05) is 37.3 Å². The standard InChI is InChI=1S/C30H30N2O5S/c1-4-5-16-37-25-15-12-22(17-26(25)36-3)18-27-29(34)32(30(35)38-27)19-21-10-13-23(14-11-21)28(33)31-24-9-7-6-8-20(24)2/h6-15,17-18H,4-5,16,19H2,1-3H3,(H,31,33)/b27-18-. The summed E-state index contributed by atoms with van der Waals surface area (Å²) in [6, 6.07) is 19.9. The quantitative estimate of drug-likeness (QED) is 0.233. The van der Waals surface area contributed by atoms with Crippen LogP contribution in [0.25, 0.3) is 6.08 Å². The normalized spacial score (nSPS) is 14.2. The minimum Gasteiger partial charge on any atom is -0.493 e. The summed E-state index contributed by atoms with van der Waals surface area (Å²) in [7, 11) is 1.57. The monoisotopic (exact) mass is 530 g/mol. The molecule has 7 nitrogen and oxygen atoms in total. The number of aryl methyl sites for hydroxylation is 1. The van der Waals surface area contributed by atoms with Gasteiger partial charge in [-0.15, -0.1) is 0 Å². The first-order chi connectivity index (χ1) is 18.4. The molecule has 196 valence electrons. The third-order valence-corrected chi connectivity index (χ3v) is 6.97. The summed E-state index contributed by atoms with van der Waals surface area (Å²) in [5.74, 6) is 0.628. The van der Waals surface area contributed by atoms with Gasteiger partial charge in [-0.2, -0.15) is 0 Å². The molecule has 1 heterocycles. The molecule has 4 rings (SSSR count). The van der Waals surface area contributed by atoms with Crippen molar-refractivity contribution >= 4 is 40.6 Å². The molecule has 3 amide bonds. The number of amides is 3. The number of imide groups is 1. The van der Waals surface area contributed by atoms with E-state index in [4.69, 9.17) is 9.47 Å². The van der Waals surface area contributed by atoms with Gasteiger partial charge < -0.3 is 14.8 Å². The maximum Gasteiger partial charge on any atom is 0.293 e. The van der Waals surface area contributed by atoms with Crippen LogP contribution in [0.2, 0.25) is 0 Å². The molecule has 3 aromatic carbocycles. The molecule has 0 aromatic heterocycles. The van der Waals surface area contributed by atoms with Gasteiger partial charge in [-0.05, 0) is 78.2 Å². The maximum absolute atomic E-state index is 13.0. The Morgan fingerprint density at radius 1 is 1.03 bits per heavy atom.